The zero-order valence-corrected chi connectivity index (χ0v) is 15.4. The standard InChI is InChI=1S/C21H24N4O2/c1-15(17-7-4-9-18(22)14-17)23-24-20(26)11-12-21(27)25-13-5-8-16-6-2-3-10-19(16)25/h2-4,6-7,9-10,14H,5,8,11-13,22H2,1H3,(H,24,26)/b23-15+. The lowest BCUT2D eigenvalue weighted by Gasteiger charge is -2.29. The number of nitrogens with two attached hydrogens (primary N) is 1. The van der Waals surface area contributed by atoms with Crippen LogP contribution in [0.2, 0.25) is 0 Å². The molecule has 0 radical (unpaired) electrons. The van der Waals surface area contributed by atoms with Crippen molar-refractivity contribution in [1.29, 1.82) is 0 Å². The van der Waals surface area contributed by atoms with Gasteiger partial charge in [-0.3, -0.25) is 9.59 Å². The Morgan fingerprint density at radius 2 is 1.96 bits per heavy atom. The SMILES string of the molecule is C/C(=N\NC(=O)CCC(=O)N1CCCc2ccccc21)c1cccc(N)c1. The maximum absolute atomic E-state index is 12.6. The minimum Gasteiger partial charge on any atom is -0.399 e. The van der Waals surface area contributed by atoms with Crippen LogP contribution >= 0.6 is 0 Å². The van der Waals surface area contributed by atoms with Crippen molar-refractivity contribution in [2.24, 2.45) is 5.10 Å². The van der Waals surface area contributed by atoms with Crippen molar-refractivity contribution >= 4 is 28.9 Å². The van der Waals surface area contributed by atoms with Gasteiger partial charge in [-0.15, -0.1) is 0 Å². The first-order valence-electron chi connectivity index (χ1n) is 9.12. The van der Waals surface area contributed by atoms with Gasteiger partial charge in [-0.1, -0.05) is 30.3 Å². The van der Waals surface area contributed by atoms with Crippen molar-refractivity contribution in [2.45, 2.75) is 32.6 Å². The Kier molecular flexibility index (Phi) is 5.86. The van der Waals surface area contributed by atoms with E-state index in [0.717, 1.165) is 24.1 Å². The zero-order chi connectivity index (χ0) is 19.2. The molecule has 3 rings (SSSR count). The Bertz CT molecular complexity index is 876. The van der Waals surface area contributed by atoms with E-state index in [0.29, 0.717) is 17.9 Å². The predicted octanol–water partition coefficient (Wildman–Crippen LogP) is 2.87. The number of aryl methyl sites for hydroxylation is 1. The molecular formula is C21H24N4O2. The van der Waals surface area contributed by atoms with E-state index in [9.17, 15) is 9.59 Å². The number of nitrogens with one attached hydrogen (secondary N) is 1. The third-order valence-electron chi connectivity index (χ3n) is 4.63. The summed E-state index contributed by atoms with van der Waals surface area (Å²) in [6.07, 6.45) is 2.19. The van der Waals surface area contributed by atoms with Crippen LogP contribution in [0, 0.1) is 0 Å². The number of hydrogen-bond donors (Lipinski definition) is 2. The summed E-state index contributed by atoms with van der Waals surface area (Å²) >= 11 is 0. The molecule has 2 amide bonds. The Morgan fingerprint density at radius 3 is 2.78 bits per heavy atom. The van der Waals surface area contributed by atoms with Gasteiger partial charge in [0, 0.05) is 30.8 Å². The maximum Gasteiger partial charge on any atom is 0.240 e. The van der Waals surface area contributed by atoms with Crippen LogP contribution in [0.5, 0.6) is 0 Å². The number of carbonyl (C=O) groups excluding carboxylic acids is 2. The molecule has 3 N–H and O–H groups in total. The molecule has 1 aliphatic rings. The number of anilines is 2. The summed E-state index contributed by atoms with van der Waals surface area (Å²) in [7, 11) is 0. The quantitative estimate of drug-likeness (QED) is 0.486. The normalized spacial score (nSPS) is 13.8. The Morgan fingerprint density at radius 1 is 1.15 bits per heavy atom. The lowest BCUT2D eigenvalue weighted by atomic mass is 10.0. The smallest absolute Gasteiger partial charge is 0.240 e. The maximum atomic E-state index is 12.6. The predicted molar refractivity (Wildman–Crippen MR) is 108 cm³/mol. The highest BCUT2D eigenvalue weighted by atomic mass is 16.2. The van der Waals surface area contributed by atoms with Gasteiger partial charge in [0.15, 0.2) is 0 Å². The number of nitrogen functional groups attached to an aromatic ring is 1. The molecule has 0 aliphatic carbocycles. The molecular weight excluding hydrogens is 340 g/mol. The van der Waals surface area contributed by atoms with E-state index in [2.05, 4.69) is 16.6 Å². The molecule has 0 atom stereocenters. The second-order valence-electron chi connectivity index (χ2n) is 6.64. The molecule has 0 spiro atoms. The van der Waals surface area contributed by atoms with Crippen molar-refractivity contribution in [3.05, 3.63) is 59.7 Å². The Hall–Kier alpha value is -3.15. The van der Waals surface area contributed by atoms with Crippen molar-refractivity contribution in [1.82, 2.24) is 5.43 Å². The van der Waals surface area contributed by atoms with E-state index in [1.54, 1.807) is 24.0 Å². The number of carbonyl (C=O) groups is 2. The summed E-state index contributed by atoms with van der Waals surface area (Å²) in [5.41, 5.74) is 12.6. The van der Waals surface area contributed by atoms with Gasteiger partial charge in [-0.2, -0.15) is 5.10 Å². The van der Waals surface area contributed by atoms with Crippen LogP contribution in [-0.4, -0.2) is 24.1 Å². The monoisotopic (exact) mass is 364 g/mol. The van der Waals surface area contributed by atoms with E-state index in [1.807, 2.05) is 30.3 Å². The first-order chi connectivity index (χ1) is 13.0. The molecule has 2 aromatic carbocycles. The fraction of sp³-hybridized carbons (Fsp3) is 0.286. The van der Waals surface area contributed by atoms with E-state index in [-0.39, 0.29) is 24.7 Å². The second-order valence-corrected chi connectivity index (χ2v) is 6.64. The number of para-hydroxylation sites is 1. The number of benzene rings is 2. The fourth-order valence-corrected chi connectivity index (χ4v) is 3.18. The zero-order valence-electron chi connectivity index (χ0n) is 15.4. The third kappa shape index (κ3) is 4.73. The topological polar surface area (TPSA) is 87.8 Å². The van der Waals surface area contributed by atoms with Crippen LogP contribution in [0.3, 0.4) is 0 Å². The molecule has 0 saturated carbocycles. The number of nitrogens with zero attached hydrogens (tertiary/aromatic N) is 2. The second kappa shape index (κ2) is 8.49. The molecule has 0 saturated heterocycles. The number of fused-ring (bicyclic) bond motifs is 1. The average molecular weight is 364 g/mol. The van der Waals surface area contributed by atoms with E-state index < -0.39 is 0 Å². The van der Waals surface area contributed by atoms with Crippen LogP contribution in [0.25, 0.3) is 0 Å². The van der Waals surface area contributed by atoms with Crippen molar-refractivity contribution in [3.63, 3.8) is 0 Å². The van der Waals surface area contributed by atoms with E-state index in [1.165, 1.54) is 5.56 Å². The third-order valence-corrected chi connectivity index (χ3v) is 4.63. The summed E-state index contributed by atoms with van der Waals surface area (Å²) in [5.74, 6) is -0.314. The van der Waals surface area contributed by atoms with Crippen LogP contribution < -0.4 is 16.1 Å². The van der Waals surface area contributed by atoms with Gasteiger partial charge in [0.2, 0.25) is 11.8 Å². The molecule has 0 unspecified atom stereocenters. The van der Waals surface area contributed by atoms with Crippen molar-refractivity contribution in [3.8, 4) is 0 Å². The van der Waals surface area contributed by atoms with Gasteiger partial charge in [0.25, 0.3) is 0 Å². The highest BCUT2D eigenvalue weighted by Crippen LogP contribution is 2.27. The Balaban J connectivity index is 1.54. The van der Waals surface area contributed by atoms with Gasteiger partial charge < -0.3 is 10.6 Å². The fourth-order valence-electron chi connectivity index (χ4n) is 3.18. The largest absolute Gasteiger partial charge is 0.399 e. The van der Waals surface area contributed by atoms with Crippen molar-refractivity contribution in [2.75, 3.05) is 17.2 Å². The summed E-state index contributed by atoms with van der Waals surface area (Å²) in [4.78, 5) is 26.4. The van der Waals surface area contributed by atoms with Crippen LogP contribution in [-0.2, 0) is 16.0 Å². The minimum absolute atomic E-state index is 0.0335. The van der Waals surface area contributed by atoms with Gasteiger partial charge in [0.1, 0.15) is 0 Å². The molecule has 0 aromatic heterocycles. The molecule has 140 valence electrons. The highest BCUT2D eigenvalue weighted by Gasteiger charge is 2.22. The number of hydrogen-bond acceptors (Lipinski definition) is 4. The van der Waals surface area contributed by atoms with E-state index in [4.69, 9.17) is 5.73 Å². The van der Waals surface area contributed by atoms with Crippen LogP contribution in [0.15, 0.2) is 53.6 Å². The highest BCUT2D eigenvalue weighted by molar-refractivity contribution is 6.00. The van der Waals surface area contributed by atoms with Gasteiger partial charge in [-0.05, 0) is 49.1 Å². The number of rotatable bonds is 5. The van der Waals surface area contributed by atoms with Gasteiger partial charge in [-0.25, -0.2) is 5.43 Å². The molecule has 6 heteroatoms. The average Bonchev–Trinajstić information content (AvgIpc) is 2.69. The molecule has 0 bridgehead atoms. The molecule has 0 fully saturated rings. The minimum atomic E-state index is -0.281. The lowest BCUT2D eigenvalue weighted by Crippen LogP contribution is -2.36. The Labute approximate surface area is 159 Å². The molecule has 1 aliphatic heterocycles. The molecule has 27 heavy (non-hydrogen) atoms. The number of amides is 2. The van der Waals surface area contributed by atoms with Crippen LogP contribution in [0.4, 0.5) is 11.4 Å². The summed E-state index contributed by atoms with van der Waals surface area (Å²) < 4.78 is 0. The number of hydrazone groups is 1. The van der Waals surface area contributed by atoms with Gasteiger partial charge in [0.05, 0.1) is 5.71 Å². The molecule has 1 heterocycles. The first-order valence-corrected chi connectivity index (χ1v) is 9.12. The van der Waals surface area contributed by atoms with E-state index >= 15 is 0 Å². The molecule has 2 aromatic rings. The summed E-state index contributed by atoms with van der Waals surface area (Å²) in [6, 6.07) is 15.2. The molecule has 6 nitrogen and oxygen atoms in total. The summed E-state index contributed by atoms with van der Waals surface area (Å²) in [5, 5.41) is 4.10. The van der Waals surface area contributed by atoms with Crippen LogP contribution in [0.1, 0.15) is 37.3 Å². The summed E-state index contributed by atoms with van der Waals surface area (Å²) in [6.45, 7) is 2.50. The lowest BCUT2D eigenvalue weighted by molar-refractivity contribution is -0.125. The van der Waals surface area contributed by atoms with Crippen molar-refractivity contribution < 1.29 is 9.59 Å². The first kappa shape index (κ1) is 18.6. The van der Waals surface area contributed by atoms with Gasteiger partial charge >= 0.3 is 0 Å².